The Hall–Kier alpha value is -1.86. The van der Waals surface area contributed by atoms with E-state index in [9.17, 15) is 30.7 Å². The second kappa shape index (κ2) is 5.41. The van der Waals surface area contributed by atoms with Crippen LogP contribution in [0.25, 0.3) is 10.8 Å². The van der Waals surface area contributed by atoms with Crippen LogP contribution in [0, 0.1) is 41.0 Å². The maximum atomic E-state index is 13.1. The van der Waals surface area contributed by atoms with Crippen molar-refractivity contribution in [1.29, 1.82) is 0 Å². The van der Waals surface area contributed by atoms with Crippen molar-refractivity contribution < 1.29 is 30.7 Å². The minimum atomic E-state index is -2.36. The topological polar surface area (TPSA) is 12.9 Å². The first-order valence-electron chi connectivity index (χ1n) is 5.02. The highest BCUT2D eigenvalue weighted by atomic mass is 19.2. The van der Waals surface area contributed by atoms with Crippen LogP contribution in [0.3, 0.4) is 0 Å². The molecule has 1 nitrogen and oxygen atoms in total. The Bertz CT molecular complexity index is 639. The minimum Gasteiger partial charge on any atom is -0.203 e. The molecule has 8 heteroatoms. The van der Waals surface area contributed by atoms with E-state index in [1.54, 1.807) is 0 Å². The second-order valence-corrected chi connectivity index (χ2v) is 3.01. The summed E-state index contributed by atoms with van der Waals surface area (Å²) in [6.45, 7) is 4.00. The van der Waals surface area contributed by atoms with Gasteiger partial charge >= 0.3 is 0 Å². The van der Waals surface area contributed by atoms with E-state index in [4.69, 9.17) is 0 Å². The Morgan fingerprint density at radius 1 is 0.526 bits per heavy atom. The standard InChI is InChI=1S/C9F7N.C2H6/c10-3-1-2(4(11)7(14)6(3)13)8(15)17-9(16)5(1)12;1-2/h;1-2H3. The third kappa shape index (κ3) is 2.22. The molecule has 0 bridgehead atoms. The average Bonchev–Trinajstić information content (AvgIpc) is 2.40. The summed E-state index contributed by atoms with van der Waals surface area (Å²) in [6, 6.07) is 0. The van der Waals surface area contributed by atoms with Crippen molar-refractivity contribution in [3.63, 3.8) is 0 Å². The lowest BCUT2D eigenvalue weighted by Gasteiger charge is -2.06. The fourth-order valence-corrected chi connectivity index (χ4v) is 1.33. The monoisotopic (exact) mass is 285 g/mol. The van der Waals surface area contributed by atoms with Gasteiger partial charge in [-0.15, -0.1) is 0 Å². The zero-order valence-electron chi connectivity index (χ0n) is 9.59. The van der Waals surface area contributed by atoms with Gasteiger partial charge in [-0.1, -0.05) is 13.8 Å². The summed E-state index contributed by atoms with van der Waals surface area (Å²) in [5.74, 6) is -15.3. The highest BCUT2D eigenvalue weighted by molar-refractivity contribution is 5.84. The Kier molecular flexibility index (Phi) is 4.33. The van der Waals surface area contributed by atoms with E-state index in [2.05, 4.69) is 4.98 Å². The van der Waals surface area contributed by atoms with Gasteiger partial charge in [0.15, 0.2) is 29.1 Å². The lowest BCUT2D eigenvalue weighted by molar-refractivity contribution is 0.406. The Labute approximate surface area is 102 Å². The lowest BCUT2D eigenvalue weighted by atomic mass is 10.1. The van der Waals surface area contributed by atoms with Gasteiger partial charge < -0.3 is 0 Å². The third-order valence-corrected chi connectivity index (χ3v) is 2.07. The van der Waals surface area contributed by atoms with Crippen LogP contribution in [-0.2, 0) is 0 Å². The number of rotatable bonds is 0. The zero-order valence-corrected chi connectivity index (χ0v) is 9.59. The molecule has 2 rings (SSSR count). The molecule has 2 aromatic rings. The van der Waals surface area contributed by atoms with Gasteiger partial charge in [0.25, 0.3) is 5.95 Å². The molecule has 19 heavy (non-hydrogen) atoms. The summed E-state index contributed by atoms with van der Waals surface area (Å²) in [6.07, 6.45) is 0. The van der Waals surface area contributed by atoms with Gasteiger partial charge in [0.2, 0.25) is 5.95 Å². The highest BCUT2D eigenvalue weighted by Gasteiger charge is 2.27. The molecule has 0 fully saturated rings. The maximum absolute atomic E-state index is 13.1. The number of pyridine rings is 1. The van der Waals surface area contributed by atoms with Gasteiger partial charge in [-0.3, -0.25) is 0 Å². The maximum Gasteiger partial charge on any atom is 0.252 e. The molecule has 0 radical (unpaired) electrons. The van der Waals surface area contributed by atoms with Gasteiger partial charge in [-0.25, -0.2) is 22.0 Å². The molecule has 0 spiro atoms. The predicted octanol–water partition coefficient (Wildman–Crippen LogP) is 4.23. The SMILES string of the molecule is CC.Fc1nc(F)c2c(F)c(F)c(F)c(F)c2c1F. The van der Waals surface area contributed by atoms with Crippen molar-refractivity contribution in [2.45, 2.75) is 13.8 Å². The van der Waals surface area contributed by atoms with Gasteiger partial charge in [0, 0.05) is 0 Å². The van der Waals surface area contributed by atoms with Crippen molar-refractivity contribution in [1.82, 2.24) is 4.98 Å². The number of benzene rings is 1. The van der Waals surface area contributed by atoms with E-state index in [1.807, 2.05) is 13.8 Å². The molecule has 0 N–H and O–H groups in total. The molecule has 0 saturated heterocycles. The van der Waals surface area contributed by atoms with E-state index < -0.39 is 51.8 Å². The molecule has 104 valence electrons. The van der Waals surface area contributed by atoms with Crippen LogP contribution in [0.15, 0.2) is 0 Å². The van der Waals surface area contributed by atoms with E-state index in [-0.39, 0.29) is 0 Å². The van der Waals surface area contributed by atoms with Crippen molar-refractivity contribution in [2.75, 3.05) is 0 Å². The third-order valence-electron chi connectivity index (χ3n) is 2.07. The van der Waals surface area contributed by atoms with E-state index >= 15 is 0 Å². The number of hydrogen-bond acceptors (Lipinski definition) is 1. The Morgan fingerprint density at radius 3 is 1.42 bits per heavy atom. The molecule has 1 heterocycles. The number of nitrogens with zero attached hydrogens (tertiary/aromatic N) is 1. The van der Waals surface area contributed by atoms with Crippen LogP contribution in [-0.4, -0.2) is 4.98 Å². The molecular weight excluding hydrogens is 279 g/mol. The highest BCUT2D eigenvalue weighted by Crippen LogP contribution is 2.30. The van der Waals surface area contributed by atoms with Crippen LogP contribution in [0.4, 0.5) is 30.7 Å². The molecule has 0 aliphatic heterocycles. The van der Waals surface area contributed by atoms with Crippen LogP contribution in [0.2, 0.25) is 0 Å². The van der Waals surface area contributed by atoms with Crippen molar-refractivity contribution >= 4 is 10.8 Å². The largest absolute Gasteiger partial charge is 0.252 e. The van der Waals surface area contributed by atoms with Gasteiger partial charge in [-0.05, 0) is 0 Å². The van der Waals surface area contributed by atoms with Crippen molar-refractivity contribution in [2.24, 2.45) is 0 Å². The summed E-state index contributed by atoms with van der Waals surface area (Å²) < 4.78 is 90.2. The number of halogens is 7. The van der Waals surface area contributed by atoms with Crippen molar-refractivity contribution in [3.05, 3.63) is 41.0 Å². The first-order valence-corrected chi connectivity index (χ1v) is 5.02. The fourth-order valence-electron chi connectivity index (χ4n) is 1.33. The number of aromatic nitrogens is 1. The van der Waals surface area contributed by atoms with Gasteiger partial charge in [0.1, 0.15) is 0 Å². The summed E-state index contributed by atoms with van der Waals surface area (Å²) >= 11 is 0. The number of hydrogen-bond donors (Lipinski definition) is 0. The molecule has 0 aliphatic rings. The van der Waals surface area contributed by atoms with Crippen LogP contribution in [0.5, 0.6) is 0 Å². The normalized spacial score (nSPS) is 10.4. The quantitative estimate of drug-likeness (QED) is 0.305. The zero-order chi connectivity index (χ0) is 14.9. The van der Waals surface area contributed by atoms with Crippen LogP contribution < -0.4 is 0 Å². The van der Waals surface area contributed by atoms with Crippen LogP contribution >= 0.6 is 0 Å². The molecule has 0 amide bonds. The van der Waals surface area contributed by atoms with Crippen molar-refractivity contribution in [3.8, 4) is 0 Å². The van der Waals surface area contributed by atoms with E-state index in [0.717, 1.165) is 0 Å². The lowest BCUT2D eigenvalue weighted by Crippen LogP contribution is -2.05. The fraction of sp³-hybridized carbons (Fsp3) is 0.182. The second-order valence-electron chi connectivity index (χ2n) is 3.01. The molecule has 1 aromatic heterocycles. The van der Waals surface area contributed by atoms with E-state index in [1.165, 1.54) is 0 Å². The smallest absolute Gasteiger partial charge is 0.203 e. The van der Waals surface area contributed by atoms with E-state index in [0.29, 0.717) is 0 Å². The first-order chi connectivity index (χ1) is 8.86. The molecule has 0 saturated carbocycles. The molecular formula is C11H6F7N. The summed E-state index contributed by atoms with van der Waals surface area (Å²) in [4.78, 5) is 2.27. The van der Waals surface area contributed by atoms with Crippen LogP contribution in [0.1, 0.15) is 13.8 Å². The molecule has 0 unspecified atom stereocenters. The Morgan fingerprint density at radius 2 is 0.947 bits per heavy atom. The Balaban J connectivity index is 0.000000861. The predicted molar refractivity (Wildman–Crippen MR) is 52.8 cm³/mol. The summed E-state index contributed by atoms with van der Waals surface area (Å²) in [7, 11) is 0. The summed E-state index contributed by atoms with van der Waals surface area (Å²) in [5.41, 5.74) is 0. The molecule has 1 aromatic carbocycles. The van der Waals surface area contributed by atoms with Gasteiger partial charge in [0.05, 0.1) is 10.8 Å². The summed E-state index contributed by atoms with van der Waals surface area (Å²) in [5, 5.41) is -3.24. The number of fused-ring (bicyclic) bond motifs is 1. The minimum absolute atomic E-state index is 1.58. The molecule has 0 atom stereocenters. The molecule has 0 aliphatic carbocycles. The average molecular weight is 285 g/mol. The first kappa shape index (κ1) is 15.2. The van der Waals surface area contributed by atoms with Gasteiger partial charge in [-0.2, -0.15) is 13.8 Å².